The van der Waals surface area contributed by atoms with E-state index in [0.717, 1.165) is 17.7 Å². The van der Waals surface area contributed by atoms with Crippen LogP contribution in [0.1, 0.15) is 31.2 Å². The molecule has 3 heteroatoms. The highest BCUT2D eigenvalue weighted by molar-refractivity contribution is 7.85. The Morgan fingerprint density at radius 1 is 1.29 bits per heavy atom. The third-order valence-corrected chi connectivity index (χ3v) is 5.40. The normalized spacial score (nSPS) is 26.7. The molecule has 0 aromatic heterocycles. The van der Waals surface area contributed by atoms with E-state index in [1.54, 1.807) is 0 Å². The van der Waals surface area contributed by atoms with Crippen molar-refractivity contribution >= 4 is 10.8 Å². The average Bonchev–Trinajstić information content (AvgIpc) is 2.38. The van der Waals surface area contributed by atoms with Gasteiger partial charge in [-0.15, -0.1) is 0 Å². The van der Waals surface area contributed by atoms with Gasteiger partial charge in [0.05, 0.1) is 16.0 Å². The lowest BCUT2D eigenvalue weighted by Gasteiger charge is -2.30. The van der Waals surface area contributed by atoms with Crippen molar-refractivity contribution in [3.63, 3.8) is 0 Å². The lowest BCUT2D eigenvalue weighted by molar-refractivity contribution is 0.399. The molecule has 0 spiro atoms. The molecule has 1 aromatic rings. The van der Waals surface area contributed by atoms with Crippen LogP contribution in [0.15, 0.2) is 29.2 Å². The first-order valence-corrected chi connectivity index (χ1v) is 7.58. The molecule has 3 atom stereocenters. The van der Waals surface area contributed by atoms with Crippen molar-refractivity contribution in [2.75, 3.05) is 7.05 Å². The Morgan fingerprint density at radius 2 is 2.06 bits per heavy atom. The Bertz CT molecular complexity index is 405. The zero-order valence-electron chi connectivity index (χ0n) is 10.6. The summed E-state index contributed by atoms with van der Waals surface area (Å²) in [5.74, 6) is 0. The maximum atomic E-state index is 12.6. The van der Waals surface area contributed by atoms with Gasteiger partial charge < -0.3 is 5.32 Å². The standard InChI is InChI=1S/C14H21NOS/c1-11-6-5-7-12(10-11)17(16)14-9-4-3-8-13(14)15-2/h5-7,10,13-15H,3-4,8-9H2,1-2H3. The summed E-state index contributed by atoms with van der Waals surface area (Å²) in [7, 11) is 1.11. The van der Waals surface area contributed by atoms with E-state index in [4.69, 9.17) is 0 Å². The fourth-order valence-corrected chi connectivity index (χ4v) is 4.41. The Labute approximate surface area is 106 Å². The van der Waals surface area contributed by atoms with E-state index in [1.807, 2.05) is 19.2 Å². The summed E-state index contributed by atoms with van der Waals surface area (Å²) in [6, 6.07) is 8.50. The molecule has 3 unspecified atom stereocenters. The van der Waals surface area contributed by atoms with Crippen molar-refractivity contribution in [2.24, 2.45) is 0 Å². The molecule has 1 fully saturated rings. The average molecular weight is 251 g/mol. The maximum absolute atomic E-state index is 12.6. The quantitative estimate of drug-likeness (QED) is 0.895. The molecule has 0 heterocycles. The van der Waals surface area contributed by atoms with Crippen LogP contribution >= 0.6 is 0 Å². The van der Waals surface area contributed by atoms with Crippen molar-refractivity contribution in [3.8, 4) is 0 Å². The highest BCUT2D eigenvalue weighted by Crippen LogP contribution is 2.26. The Hall–Kier alpha value is -0.670. The molecule has 2 nitrogen and oxygen atoms in total. The molecular weight excluding hydrogens is 230 g/mol. The lowest BCUT2D eigenvalue weighted by Crippen LogP contribution is -2.42. The zero-order valence-corrected chi connectivity index (χ0v) is 11.4. The second kappa shape index (κ2) is 5.78. The van der Waals surface area contributed by atoms with Gasteiger partial charge in [-0.05, 0) is 44.5 Å². The van der Waals surface area contributed by atoms with Gasteiger partial charge in [0.15, 0.2) is 0 Å². The second-order valence-corrected chi connectivity index (χ2v) is 6.50. The summed E-state index contributed by atoms with van der Waals surface area (Å²) < 4.78 is 12.6. The number of benzene rings is 1. The van der Waals surface area contributed by atoms with E-state index in [-0.39, 0.29) is 5.25 Å². The molecule has 0 amide bonds. The molecule has 1 aliphatic carbocycles. The van der Waals surface area contributed by atoms with Gasteiger partial charge >= 0.3 is 0 Å². The predicted octanol–water partition coefficient (Wildman–Crippen LogP) is 2.63. The largest absolute Gasteiger partial charge is 0.316 e. The topological polar surface area (TPSA) is 29.1 Å². The monoisotopic (exact) mass is 251 g/mol. The summed E-state index contributed by atoms with van der Waals surface area (Å²) in [6.45, 7) is 2.05. The first-order valence-electron chi connectivity index (χ1n) is 6.37. The molecule has 0 saturated heterocycles. The predicted molar refractivity (Wildman–Crippen MR) is 72.7 cm³/mol. The molecular formula is C14H21NOS. The number of aryl methyl sites for hydroxylation is 1. The van der Waals surface area contributed by atoms with Crippen LogP contribution in [0, 0.1) is 6.92 Å². The molecule has 1 aromatic carbocycles. The van der Waals surface area contributed by atoms with Gasteiger partial charge in [-0.3, -0.25) is 4.21 Å². The third kappa shape index (κ3) is 2.96. The molecule has 94 valence electrons. The lowest BCUT2D eigenvalue weighted by atomic mass is 9.95. The number of hydrogen-bond donors (Lipinski definition) is 1. The van der Waals surface area contributed by atoms with E-state index < -0.39 is 10.8 Å². The van der Waals surface area contributed by atoms with Crippen molar-refractivity contribution in [1.29, 1.82) is 0 Å². The van der Waals surface area contributed by atoms with Crippen LogP contribution in [0.4, 0.5) is 0 Å². The first kappa shape index (κ1) is 12.8. The molecule has 0 bridgehead atoms. The van der Waals surface area contributed by atoms with E-state index >= 15 is 0 Å². The first-order chi connectivity index (χ1) is 8.22. The van der Waals surface area contributed by atoms with E-state index in [9.17, 15) is 4.21 Å². The third-order valence-electron chi connectivity index (χ3n) is 3.57. The Morgan fingerprint density at radius 3 is 2.76 bits per heavy atom. The van der Waals surface area contributed by atoms with E-state index in [0.29, 0.717) is 6.04 Å². The summed E-state index contributed by atoms with van der Waals surface area (Å²) in [5.41, 5.74) is 1.19. The highest BCUT2D eigenvalue weighted by atomic mass is 32.2. The van der Waals surface area contributed by atoms with Crippen LogP contribution in [-0.4, -0.2) is 22.5 Å². The molecule has 0 radical (unpaired) electrons. The van der Waals surface area contributed by atoms with E-state index in [1.165, 1.54) is 18.4 Å². The minimum Gasteiger partial charge on any atom is -0.316 e. The van der Waals surface area contributed by atoms with Gasteiger partial charge in [0.25, 0.3) is 0 Å². The van der Waals surface area contributed by atoms with Crippen molar-refractivity contribution in [1.82, 2.24) is 5.32 Å². The summed E-state index contributed by atoms with van der Waals surface area (Å²) >= 11 is 0. The summed E-state index contributed by atoms with van der Waals surface area (Å²) in [4.78, 5) is 0.983. The SMILES string of the molecule is CNC1CCCCC1S(=O)c1cccc(C)c1. The van der Waals surface area contributed by atoms with Crippen LogP contribution < -0.4 is 5.32 Å². The van der Waals surface area contributed by atoms with Crippen molar-refractivity contribution in [2.45, 2.75) is 48.8 Å². The zero-order chi connectivity index (χ0) is 12.3. The van der Waals surface area contributed by atoms with Crippen LogP contribution in [0.3, 0.4) is 0 Å². The number of hydrogen-bond acceptors (Lipinski definition) is 2. The molecule has 1 aliphatic rings. The van der Waals surface area contributed by atoms with Crippen molar-refractivity contribution < 1.29 is 4.21 Å². The molecule has 1 N–H and O–H groups in total. The Kier molecular flexibility index (Phi) is 4.35. The van der Waals surface area contributed by atoms with Gasteiger partial charge in [-0.1, -0.05) is 25.0 Å². The van der Waals surface area contributed by atoms with E-state index in [2.05, 4.69) is 24.4 Å². The summed E-state index contributed by atoms with van der Waals surface area (Å²) in [5, 5.41) is 3.60. The smallest absolute Gasteiger partial charge is 0.0576 e. The fraction of sp³-hybridized carbons (Fsp3) is 0.571. The minimum atomic E-state index is -0.873. The Balaban J connectivity index is 2.18. The van der Waals surface area contributed by atoms with Gasteiger partial charge in [0.1, 0.15) is 0 Å². The molecule has 0 aliphatic heterocycles. The van der Waals surface area contributed by atoms with Crippen LogP contribution in [0.2, 0.25) is 0 Å². The van der Waals surface area contributed by atoms with Gasteiger partial charge in [-0.25, -0.2) is 0 Å². The van der Waals surface area contributed by atoms with Crippen LogP contribution in [-0.2, 0) is 10.8 Å². The fourth-order valence-electron chi connectivity index (χ4n) is 2.60. The van der Waals surface area contributed by atoms with Gasteiger partial charge in [-0.2, -0.15) is 0 Å². The second-order valence-electron chi connectivity index (χ2n) is 4.83. The molecule has 17 heavy (non-hydrogen) atoms. The summed E-state index contributed by atoms with van der Waals surface area (Å²) in [6.07, 6.45) is 4.69. The minimum absolute atomic E-state index is 0.274. The molecule has 1 saturated carbocycles. The van der Waals surface area contributed by atoms with Gasteiger partial charge in [0.2, 0.25) is 0 Å². The highest BCUT2D eigenvalue weighted by Gasteiger charge is 2.29. The van der Waals surface area contributed by atoms with Gasteiger partial charge in [0, 0.05) is 10.9 Å². The number of nitrogens with one attached hydrogen (secondary N) is 1. The van der Waals surface area contributed by atoms with Crippen molar-refractivity contribution in [3.05, 3.63) is 29.8 Å². The van der Waals surface area contributed by atoms with Crippen LogP contribution in [0.5, 0.6) is 0 Å². The maximum Gasteiger partial charge on any atom is 0.0576 e. The number of rotatable bonds is 3. The molecule has 2 rings (SSSR count). The van der Waals surface area contributed by atoms with Crippen LogP contribution in [0.25, 0.3) is 0 Å².